The number of hydrogen-bond donors (Lipinski definition) is 1. The Hall–Kier alpha value is -1.72. The van der Waals surface area contributed by atoms with Gasteiger partial charge in [0.1, 0.15) is 11.5 Å². The summed E-state index contributed by atoms with van der Waals surface area (Å²) in [6, 6.07) is 9.08. The van der Waals surface area contributed by atoms with E-state index in [4.69, 9.17) is 21.1 Å². The van der Waals surface area contributed by atoms with Crippen molar-refractivity contribution in [3.63, 3.8) is 0 Å². The van der Waals surface area contributed by atoms with E-state index in [1.807, 2.05) is 25.1 Å². The van der Waals surface area contributed by atoms with Gasteiger partial charge in [0.2, 0.25) is 5.91 Å². The summed E-state index contributed by atoms with van der Waals surface area (Å²) in [4.78, 5) is 13.3. The van der Waals surface area contributed by atoms with Crippen LogP contribution in [0.2, 0.25) is 4.34 Å². The van der Waals surface area contributed by atoms with E-state index in [0.29, 0.717) is 15.8 Å². The Bertz CT molecular complexity index is 657. The van der Waals surface area contributed by atoms with Gasteiger partial charge in [0.15, 0.2) is 0 Å². The van der Waals surface area contributed by atoms with Crippen molar-refractivity contribution >= 4 is 28.8 Å². The first-order chi connectivity index (χ1) is 10.5. The van der Waals surface area contributed by atoms with Gasteiger partial charge in [-0.2, -0.15) is 0 Å². The molecule has 0 radical (unpaired) electrons. The summed E-state index contributed by atoms with van der Waals surface area (Å²) in [5, 5.41) is 2.96. The molecule has 0 bridgehead atoms. The number of amides is 1. The predicted molar refractivity (Wildman–Crippen MR) is 89.1 cm³/mol. The maximum absolute atomic E-state index is 12.2. The molecule has 1 unspecified atom stereocenters. The van der Waals surface area contributed by atoms with Crippen LogP contribution in [0.5, 0.6) is 11.5 Å². The van der Waals surface area contributed by atoms with Gasteiger partial charge in [-0.1, -0.05) is 11.6 Å². The van der Waals surface area contributed by atoms with E-state index in [-0.39, 0.29) is 18.4 Å². The van der Waals surface area contributed by atoms with Crippen LogP contribution in [-0.4, -0.2) is 20.1 Å². The van der Waals surface area contributed by atoms with Gasteiger partial charge in [0, 0.05) is 10.4 Å². The monoisotopic (exact) mass is 339 g/mol. The second-order valence-corrected chi connectivity index (χ2v) is 6.53. The summed E-state index contributed by atoms with van der Waals surface area (Å²) in [6.45, 7) is 1.93. The molecule has 6 heteroatoms. The Morgan fingerprint density at radius 1 is 1.27 bits per heavy atom. The topological polar surface area (TPSA) is 47.6 Å². The summed E-state index contributed by atoms with van der Waals surface area (Å²) in [6.07, 6.45) is 0.226. The Kier molecular flexibility index (Phi) is 5.69. The van der Waals surface area contributed by atoms with Crippen LogP contribution in [0.4, 0.5) is 0 Å². The molecular weight excluding hydrogens is 322 g/mol. The molecule has 1 heterocycles. The van der Waals surface area contributed by atoms with Crippen molar-refractivity contribution in [2.45, 2.75) is 19.4 Å². The van der Waals surface area contributed by atoms with Gasteiger partial charge in [0.25, 0.3) is 0 Å². The van der Waals surface area contributed by atoms with E-state index >= 15 is 0 Å². The highest BCUT2D eigenvalue weighted by Crippen LogP contribution is 2.27. The van der Waals surface area contributed by atoms with Gasteiger partial charge in [0.05, 0.1) is 31.0 Å². The molecule has 0 aliphatic carbocycles. The van der Waals surface area contributed by atoms with E-state index < -0.39 is 0 Å². The van der Waals surface area contributed by atoms with Crippen LogP contribution in [0.25, 0.3) is 0 Å². The molecule has 22 heavy (non-hydrogen) atoms. The lowest BCUT2D eigenvalue weighted by Gasteiger charge is -2.14. The maximum atomic E-state index is 12.2. The maximum Gasteiger partial charge on any atom is 0.225 e. The van der Waals surface area contributed by atoms with Crippen LogP contribution < -0.4 is 14.8 Å². The molecule has 1 atom stereocenters. The molecule has 0 fully saturated rings. The molecule has 1 amide bonds. The molecule has 1 aromatic heterocycles. The van der Waals surface area contributed by atoms with Crippen molar-refractivity contribution in [3.05, 3.63) is 45.1 Å². The van der Waals surface area contributed by atoms with Crippen LogP contribution in [-0.2, 0) is 11.2 Å². The molecule has 0 aliphatic rings. The fraction of sp³-hybridized carbons (Fsp3) is 0.312. The molecule has 4 nitrogen and oxygen atoms in total. The normalized spacial score (nSPS) is 11.8. The molecule has 0 saturated heterocycles. The number of hydrogen-bond acceptors (Lipinski definition) is 4. The molecular formula is C16H18ClNO3S. The minimum Gasteiger partial charge on any atom is -0.497 e. The zero-order chi connectivity index (χ0) is 16.1. The van der Waals surface area contributed by atoms with Crippen molar-refractivity contribution in [2.24, 2.45) is 0 Å². The standard InChI is InChI=1S/C16H18ClNO3S/c1-10(14-6-7-15(17)22-14)18-16(19)9-11-8-12(20-2)4-5-13(11)21-3/h4-8,10H,9H2,1-3H3,(H,18,19). The molecule has 2 rings (SSSR count). The van der Waals surface area contributed by atoms with E-state index in [9.17, 15) is 4.79 Å². The van der Waals surface area contributed by atoms with Crippen LogP contribution in [0.3, 0.4) is 0 Å². The molecule has 118 valence electrons. The van der Waals surface area contributed by atoms with E-state index in [0.717, 1.165) is 10.4 Å². The predicted octanol–water partition coefficient (Wildman–Crippen LogP) is 3.84. The van der Waals surface area contributed by atoms with Gasteiger partial charge in [-0.25, -0.2) is 0 Å². The number of halogens is 1. The van der Waals surface area contributed by atoms with Crippen molar-refractivity contribution < 1.29 is 14.3 Å². The van der Waals surface area contributed by atoms with Crippen molar-refractivity contribution in [2.75, 3.05) is 14.2 Å². The first kappa shape index (κ1) is 16.6. The molecule has 1 aromatic carbocycles. The fourth-order valence-corrected chi connectivity index (χ4v) is 3.18. The third-order valence-corrected chi connectivity index (χ3v) is 4.65. The number of carbonyl (C=O) groups is 1. The second kappa shape index (κ2) is 7.51. The lowest BCUT2D eigenvalue weighted by Crippen LogP contribution is -2.27. The highest BCUT2D eigenvalue weighted by Gasteiger charge is 2.14. The number of methoxy groups -OCH3 is 2. The third-order valence-electron chi connectivity index (χ3n) is 3.24. The van der Waals surface area contributed by atoms with E-state index in [1.54, 1.807) is 26.4 Å². The van der Waals surface area contributed by atoms with E-state index in [1.165, 1.54) is 11.3 Å². The number of ether oxygens (including phenoxy) is 2. The summed E-state index contributed by atoms with van der Waals surface area (Å²) >= 11 is 7.38. The molecule has 1 N–H and O–H groups in total. The smallest absolute Gasteiger partial charge is 0.225 e. The van der Waals surface area contributed by atoms with Gasteiger partial charge in [-0.15, -0.1) is 11.3 Å². The molecule has 0 spiro atoms. The number of carbonyl (C=O) groups excluding carboxylic acids is 1. The minimum absolute atomic E-state index is 0.0800. The quantitative estimate of drug-likeness (QED) is 0.869. The Balaban J connectivity index is 2.05. The van der Waals surface area contributed by atoms with Gasteiger partial charge in [-0.3, -0.25) is 4.79 Å². The first-order valence-electron chi connectivity index (χ1n) is 6.79. The van der Waals surface area contributed by atoms with E-state index in [2.05, 4.69) is 5.32 Å². The number of thiophene rings is 1. The lowest BCUT2D eigenvalue weighted by molar-refractivity contribution is -0.121. The fourth-order valence-electron chi connectivity index (χ4n) is 2.12. The summed E-state index contributed by atoms with van der Waals surface area (Å²) in [5.41, 5.74) is 0.788. The van der Waals surface area contributed by atoms with Crippen LogP contribution in [0.15, 0.2) is 30.3 Å². The summed E-state index contributed by atoms with van der Waals surface area (Å²) < 4.78 is 11.2. The number of benzene rings is 1. The highest BCUT2D eigenvalue weighted by atomic mass is 35.5. The van der Waals surface area contributed by atoms with Gasteiger partial charge in [-0.05, 0) is 37.3 Å². The summed E-state index contributed by atoms with van der Waals surface area (Å²) in [7, 11) is 3.17. The minimum atomic E-state index is -0.0818. The Morgan fingerprint density at radius 2 is 2.05 bits per heavy atom. The van der Waals surface area contributed by atoms with Crippen molar-refractivity contribution in [1.29, 1.82) is 0 Å². The summed E-state index contributed by atoms with van der Waals surface area (Å²) in [5.74, 6) is 1.29. The lowest BCUT2D eigenvalue weighted by atomic mass is 10.1. The Morgan fingerprint density at radius 3 is 2.64 bits per heavy atom. The number of rotatable bonds is 6. The zero-order valence-corrected chi connectivity index (χ0v) is 14.3. The van der Waals surface area contributed by atoms with Crippen molar-refractivity contribution in [1.82, 2.24) is 5.32 Å². The number of nitrogens with one attached hydrogen (secondary N) is 1. The van der Waals surface area contributed by atoms with Crippen LogP contribution >= 0.6 is 22.9 Å². The molecule has 2 aromatic rings. The van der Waals surface area contributed by atoms with Crippen LogP contribution in [0, 0.1) is 0 Å². The second-order valence-electron chi connectivity index (χ2n) is 4.79. The Labute approximate surface area is 139 Å². The average molecular weight is 340 g/mol. The van der Waals surface area contributed by atoms with Gasteiger partial charge >= 0.3 is 0 Å². The average Bonchev–Trinajstić information content (AvgIpc) is 2.93. The molecule has 0 saturated carbocycles. The van der Waals surface area contributed by atoms with Crippen molar-refractivity contribution in [3.8, 4) is 11.5 Å². The van der Waals surface area contributed by atoms with Gasteiger partial charge < -0.3 is 14.8 Å². The zero-order valence-electron chi connectivity index (χ0n) is 12.7. The largest absolute Gasteiger partial charge is 0.497 e. The first-order valence-corrected chi connectivity index (χ1v) is 7.98. The SMILES string of the molecule is COc1ccc(OC)c(CC(=O)NC(C)c2ccc(Cl)s2)c1. The highest BCUT2D eigenvalue weighted by molar-refractivity contribution is 7.16. The van der Waals surface area contributed by atoms with Crippen LogP contribution in [0.1, 0.15) is 23.4 Å². The third kappa shape index (κ3) is 4.15. The molecule has 0 aliphatic heterocycles.